The van der Waals surface area contributed by atoms with Crippen LogP contribution in [-0.4, -0.2) is 28.1 Å². The number of halogens is 1. The van der Waals surface area contributed by atoms with Gasteiger partial charge in [-0.15, -0.1) is 0 Å². The fraction of sp³-hybridized carbons (Fsp3) is 0.556. The van der Waals surface area contributed by atoms with Crippen LogP contribution < -0.4 is 0 Å². The van der Waals surface area contributed by atoms with Crippen LogP contribution in [0.4, 0.5) is 4.39 Å². The SMILES string of the molecule is CN(Cc1nc(Cc2cccc(F)c2)no1)C(C1CC1)C1CC1. The van der Waals surface area contributed by atoms with Crippen molar-refractivity contribution in [3.63, 3.8) is 0 Å². The van der Waals surface area contributed by atoms with E-state index in [-0.39, 0.29) is 5.82 Å². The Hall–Kier alpha value is -1.75. The summed E-state index contributed by atoms with van der Waals surface area (Å²) in [4.78, 5) is 6.86. The van der Waals surface area contributed by atoms with Crippen molar-refractivity contribution in [3.8, 4) is 0 Å². The average Bonchev–Trinajstić information content (AvgIpc) is 3.43. The maximum atomic E-state index is 13.2. The van der Waals surface area contributed by atoms with E-state index in [4.69, 9.17) is 4.52 Å². The first-order valence-electron chi connectivity index (χ1n) is 8.45. The third-order valence-corrected chi connectivity index (χ3v) is 4.87. The molecule has 23 heavy (non-hydrogen) atoms. The van der Waals surface area contributed by atoms with Gasteiger partial charge in [-0.2, -0.15) is 4.98 Å². The van der Waals surface area contributed by atoms with Crippen molar-refractivity contribution in [2.75, 3.05) is 7.05 Å². The normalized spacial score (nSPS) is 18.1. The van der Waals surface area contributed by atoms with Crippen LogP contribution in [-0.2, 0) is 13.0 Å². The summed E-state index contributed by atoms with van der Waals surface area (Å²) in [6.45, 7) is 0.702. The lowest BCUT2D eigenvalue weighted by Crippen LogP contribution is -2.34. The first-order chi connectivity index (χ1) is 11.2. The minimum absolute atomic E-state index is 0.234. The molecule has 2 fully saturated rings. The molecule has 0 amide bonds. The fourth-order valence-electron chi connectivity index (χ4n) is 3.55. The second-order valence-electron chi connectivity index (χ2n) is 6.99. The number of rotatable bonds is 7. The zero-order valence-electron chi connectivity index (χ0n) is 13.4. The lowest BCUT2D eigenvalue weighted by molar-refractivity contribution is 0.165. The smallest absolute Gasteiger partial charge is 0.240 e. The molecule has 1 aromatic carbocycles. The molecule has 0 aliphatic heterocycles. The largest absolute Gasteiger partial charge is 0.338 e. The van der Waals surface area contributed by atoms with E-state index in [1.807, 2.05) is 6.07 Å². The Kier molecular flexibility index (Phi) is 3.89. The van der Waals surface area contributed by atoms with Gasteiger partial charge in [0.05, 0.1) is 6.54 Å². The lowest BCUT2D eigenvalue weighted by Gasteiger charge is -2.26. The van der Waals surface area contributed by atoms with Gasteiger partial charge in [-0.3, -0.25) is 4.90 Å². The predicted octanol–water partition coefficient (Wildman–Crippen LogP) is 3.42. The molecule has 1 aromatic heterocycles. The summed E-state index contributed by atoms with van der Waals surface area (Å²) in [6.07, 6.45) is 5.94. The molecule has 2 aliphatic rings. The van der Waals surface area contributed by atoms with Gasteiger partial charge in [0, 0.05) is 12.5 Å². The van der Waals surface area contributed by atoms with Crippen LogP contribution in [0.15, 0.2) is 28.8 Å². The molecule has 0 spiro atoms. The molecule has 2 saturated carbocycles. The molecule has 0 saturated heterocycles. The highest BCUT2D eigenvalue weighted by atomic mass is 19.1. The minimum atomic E-state index is -0.234. The highest BCUT2D eigenvalue weighted by Crippen LogP contribution is 2.47. The summed E-state index contributed by atoms with van der Waals surface area (Å²) in [6, 6.07) is 7.21. The Morgan fingerprint density at radius 2 is 2.00 bits per heavy atom. The van der Waals surface area contributed by atoms with E-state index in [0.717, 1.165) is 17.4 Å². The molecule has 0 N–H and O–H groups in total. The molecule has 4 nitrogen and oxygen atoms in total. The summed E-state index contributed by atoms with van der Waals surface area (Å²) in [7, 11) is 2.16. The van der Waals surface area contributed by atoms with Crippen LogP contribution >= 0.6 is 0 Å². The van der Waals surface area contributed by atoms with Gasteiger partial charge in [-0.25, -0.2) is 4.39 Å². The monoisotopic (exact) mass is 315 g/mol. The standard InChI is InChI=1S/C18H22FN3O/c1-22(18(13-5-6-13)14-7-8-14)11-17-20-16(21-23-17)10-12-3-2-4-15(19)9-12/h2-4,9,13-14,18H,5-8,10-11H2,1H3. The second-order valence-corrected chi connectivity index (χ2v) is 6.99. The van der Waals surface area contributed by atoms with Crippen LogP contribution in [0.1, 0.15) is 43.0 Å². The molecule has 122 valence electrons. The molecule has 0 atom stereocenters. The zero-order valence-corrected chi connectivity index (χ0v) is 13.4. The van der Waals surface area contributed by atoms with Crippen LogP contribution in [0, 0.1) is 17.7 Å². The van der Waals surface area contributed by atoms with Gasteiger partial charge >= 0.3 is 0 Å². The Morgan fingerprint density at radius 1 is 1.26 bits per heavy atom. The van der Waals surface area contributed by atoms with Crippen LogP contribution in [0.25, 0.3) is 0 Å². The summed E-state index contributed by atoms with van der Waals surface area (Å²) in [5.74, 6) is 2.77. The first-order valence-corrected chi connectivity index (χ1v) is 8.45. The van der Waals surface area contributed by atoms with Gasteiger partial charge in [0.2, 0.25) is 5.89 Å². The van der Waals surface area contributed by atoms with E-state index < -0.39 is 0 Å². The van der Waals surface area contributed by atoms with Crippen molar-refractivity contribution in [3.05, 3.63) is 47.4 Å². The second kappa shape index (κ2) is 6.04. The first kappa shape index (κ1) is 14.8. The van der Waals surface area contributed by atoms with Crippen LogP contribution in [0.3, 0.4) is 0 Å². The van der Waals surface area contributed by atoms with Crippen LogP contribution in [0.2, 0.25) is 0 Å². The maximum Gasteiger partial charge on any atom is 0.240 e. The molecule has 0 radical (unpaired) electrons. The average molecular weight is 315 g/mol. The van der Waals surface area contributed by atoms with Crippen LogP contribution in [0.5, 0.6) is 0 Å². The van der Waals surface area contributed by atoms with Gasteiger partial charge in [0.15, 0.2) is 5.82 Å². The van der Waals surface area contributed by atoms with Gasteiger partial charge in [0.25, 0.3) is 0 Å². The van der Waals surface area contributed by atoms with E-state index in [9.17, 15) is 4.39 Å². The molecule has 5 heteroatoms. The molecule has 0 unspecified atom stereocenters. The van der Waals surface area contributed by atoms with E-state index in [1.165, 1.54) is 37.8 Å². The van der Waals surface area contributed by atoms with E-state index in [1.54, 1.807) is 6.07 Å². The molecular weight excluding hydrogens is 293 g/mol. The number of aromatic nitrogens is 2. The van der Waals surface area contributed by atoms with Gasteiger partial charge in [-0.05, 0) is 62.3 Å². The lowest BCUT2D eigenvalue weighted by atomic mass is 10.1. The molecule has 2 aromatic rings. The van der Waals surface area contributed by atoms with Crippen molar-refractivity contribution < 1.29 is 8.91 Å². The number of hydrogen-bond donors (Lipinski definition) is 0. The third-order valence-electron chi connectivity index (χ3n) is 4.87. The highest BCUT2D eigenvalue weighted by molar-refractivity contribution is 5.19. The number of nitrogens with zero attached hydrogens (tertiary/aromatic N) is 3. The maximum absolute atomic E-state index is 13.2. The Morgan fingerprint density at radius 3 is 2.65 bits per heavy atom. The number of benzene rings is 1. The van der Waals surface area contributed by atoms with Crippen molar-refractivity contribution in [1.82, 2.24) is 15.0 Å². The predicted molar refractivity (Wildman–Crippen MR) is 84.2 cm³/mol. The molecule has 0 bridgehead atoms. The Bertz CT molecular complexity index is 666. The summed E-state index contributed by atoms with van der Waals surface area (Å²) in [5.41, 5.74) is 0.861. The molecule has 1 heterocycles. The molecule has 2 aliphatic carbocycles. The van der Waals surface area contributed by atoms with E-state index in [0.29, 0.717) is 30.7 Å². The van der Waals surface area contributed by atoms with Gasteiger partial charge < -0.3 is 4.52 Å². The van der Waals surface area contributed by atoms with Gasteiger partial charge in [0.1, 0.15) is 5.82 Å². The number of hydrogen-bond acceptors (Lipinski definition) is 4. The Balaban J connectivity index is 1.39. The van der Waals surface area contributed by atoms with E-state index >= 15 is 0 Å². The molecular formula is C18H22FN3O. The summed E-state index contributed by atoms with van der Waals surface area (Å²) < 4.78 is 18.6. The highest BCUT2D eigenvalue weighted by Gasteiger charge is 2.43. The topological polar surface area (TPSA) is 42.2 Å². The summed E-state index contributed by atoms with van der Waals surface area (Å²) >= 11 is 0. The quantitative estimate of drug-likeness (QED) is 0.785. The zero-order chi connectivity index (χ0) is 15.8. The summed E-state index contributed by atoms with van der Waals surface area (Å²) in [5, 5.41) is 4.04. The van der Waals surface area contributed by atoms with Crippen molar-refractivity contribution in [1.29, 1.82) is 0 Å². The molecule has 4 rings (SSSR count). The van der Waals surface area contributed by atoms with Crippen molar-refractivity contribution in [2.45, 2.75) is 44.7 Å². The van der Waals surface area contributed by atoms with Gasteiger partial charge in [-0.1, -0.05) is 17.3 Å². The fourth-order valence-corrected chi connectivity index (χ4v) is 3.55. The van der Waals surface area contributed by atoms with Crippen molar-refractivity contribution in [2.24, 2.45) is 11.8 Å². The minimum Gasteiger partial charge on any atom is -0.338 e. The van der Waals surface area contributed by atoms with E-state index in [2.05, 4.69) is 22.1 Å². The van der Waals surface area contributed by atoms with Crippen molar-refractivity contribution >= 4 is 0 Å². The Labute approximate surface area is 135 Å². The third kappa shape index (κ3) is 3.61.